The summed E-state index contributed by atoms with van der Waals surface area (Å²) in [5.74, 6) is 0.892. The van der Waals surface area contributed by atoms with Gasteiger partial charge in [-0.3, -0.25) is 0 Å². The third-order valence-corrected chi connectivity index (χ3v) is 4.54. The fourth-order valence-corrected chi connectivity index (χ4v) is 2.84. The van der Waals surface area contributed by atoms with Gasteiger partial charge in [0.05, 0.1) is 6.10 Å². The van der Waals surface area contributed by atoms with Crippen LogP contribution < -0.4 is 10.1 Å². The molecule has 0 aliphatic carbocycles. The van der Waals surface area contributed by atoms with Crippen molar-refractivity contribution in [3.8, 4) is 5.75 Å². The molecule has 3 nitrogen and oxygen atoms in total. The van der Waals surface area contributed by atoms with E-state index in [4.69, 9.17) is 21.1 Å². The van der Waals surface area contributed by atoms with Crippen LogP contribution in [0.3, 0.4) is 0 Å². The Balaban J connectivity index is 1.51. The van der Waals surface area contributed by atoms with Crippen LogP contribution in [-0.4, -0.2) is 19.3 Å². The molecule has 0 bridgehead atoms. The van der Waals surface area contributed by atoms with Crippen molar-refractivity contribution in [1.29, 1.82) is 0 Å². The Hall–Kier alpha value is -1.71. The zero-order chi connectivity index (χ0) is 16.1. The van der Waals surface area contributed by atoms with E-state index < -0.39 is 0 Å². The molecule has 122 valence electrons. The summed E-state index contributed by atoms with van der Waals surface area (Å²) in [6, 6.07) is 14.1. The first kappa shape index (κ1) is 16.2. The molecular weight excluding hydrogens is 310 g/mol. The number of hydrogen-bond donors (Lipinski definition) is 1. The lowest BCUT2D eigenvalue weighted by molar-refractivity contribution is 0.0679. The van der Waals surface area contributed by atoms with Crippen molar-refractivity contribution < 1.29 is 9.47 Å². The predicted octanol–water partition coefficient (Wildman–Crippen LogP) is 4.82. The van der Waals surface area contributed by atoms with Gasteiger partial charge in [-0.15, -0.1) is 0 Å². The number of benzene rings is 2. The number of hydrogen-bond acceptors (Lipinski definition) is 3. The maximum absolute atomic E-state index is 6.14. The lowest BCUT2D eigenvalue weighted by Gasteiger charge is -2.13. The Morgan fingerprint density at radius 2 is 2.04 bits per heavy atom. The van der Waals surface area contributed by atoms with Crippen molar-refractivity contribution in [2.45, 2.75) is 32.4 Å². The molecule has 0 amide bonds. The second-order valence-electron chi connectivity index (χ2n) is 5.86. The minimum atomic E-state index is 0.252. The summed E-state index contributed by atoms with van der Waals surface area (Å²) < 4.78 is 11.3. The number of halogens is 1. The molecule has 0 saturated carbocycles. The van der Waals surface area contributed by atoms with Gasteiger partial charge < -0.3 is 14.8 Å². The third kappa shape index (κ3) is 4.40. The Morgan fingerprint density at radius 3 is 2.78 bits per heavy atom. The van der Waals surface area contributed by atoms with E-state index in [2.05, 4.69) is 17.4 Å². The maximum atomic E-state index is 6.14. The average molecular weight is 332 g/mol. The van der Waals surface area contributed by atoms with E-state index in [9.17, 15) is 0 Å². The van der Waals surface area contributed by atoms with Crippen LogP contribution >= 0.6 is 11.6 Å². The maximum Gasteiger partial charge on any atom is 0.119 e. The highest BCUT2D eigenvalue weighted by molar-refractivity contribution is 6.31. The number of ether oxygens (including phenoxy) is 2. The topological polar surface area (TPSA) is 30.5 Å². The second-order valence-corrected chi connectivity index (χ2v) is 6.26. The molecule has 1 aliphatic heterocycles. The Kier molecular flexibility index (Phi) is 5.42. The quantitative estimate of drug-likeness (QED) is 0.823. The van der Waals surface area contributed by atoms with Crippen LogP contribution in [0.5, 0.6) is 5.75 Å². The van der Waals surface area contributed by atoms with Gasteiger partial charge >= 0.3 is 0 Å². The summed E-state index contributed by atoms with van der Waals surface area (Å²) in [7, 11) is 0. The fraction of sp³-hybridized carbons (Fsp3) is 0.368. The van der Waals surface area contributed by atoms with Gasteiger partial charge in [0.25, 0.3) is 0 Å². The SMILES string of the molecule is Cc1c(Cl)cccc1NCc1ccc(OCC2CCCO2)cc1. The van der Waals surface area contributed by atoms with Crippen LogP contribution in [-0.2, 0) is 11.3 Å². The molecule has 0 spiro atoms. The van der Waals surface area contributed by atoms with Gasteiger partial charge in [0.2, 0.25) is 0 Å². The first-order valence-electron chi connectivity index (χ1n) is 8.05. The van der Waals surface area contributed by atoms with Crippen LogP contribution in [0.4, 0.5) is 5.69 Å². The molecule has 1 aliphatic rings. The predicted molar refractivity (Wildman–Crippen MR) is 94.4 cm³/mol. The standard InChI is InChI=1S/C19H22ClNO2/c1-14-18(20)5-2-6-19(14)21-12-15-7-9-16(10-8-15)23-13-17-4-3-11-22-17/h2,5-10,17,21H,3-4,11-13H2,1H3. The van der Waals surface area contributed by atoms with E-state index in [-0.39, 0.29) is 6.10 Å². The molecule has 0 aromatic heterocycles. The molecule has 23 heavy (non-hydrogen) atoms. The largest absolute Gasteiger partial charge is 0.491 e. The lowest BCUT2D eigenvalue weighted by Crippen LogP contribution is -2.16. The smallest absolute Gasteiger partial charge is 0.119 e. The van der Waals surface area contributed by atoms with E-state index in [0.29, 0.717) is 6.61 Å². The Morgan fingerprint density at radius 1 is 1.22 bits per heavy atom. The van der Waals surface area contributed by atoms with Crippen molar-refractivity contribution in [1.82, 2.24) is 0 Å². The normalized spacial score (nSPS) is 17.2. The van der Waals surface area contributed by atoms with Gasteiger partial charge in [-0.1, -0.05) is 29.8 Å². The molecule has 1 fully saturated rings. The first-order chi connectivity index (χ1) is 11.2. The van der Waals surface area contributed by atoms with Crippen LogP contribution in [0.1, 0.15) is 24.0 Å². The van der Waals surface area contributed by atoms with Crippen molar-refractivity contribution in [3.05, 3.63) is 58.6 Å². The average Bonchev–Trinajstić information content (AvgIpc) is 3.09. The molecule has 2 aromatic rings. The van der Waals surface area contributed by atoms with Crippen molar-refractivity contribution in [3.63, 3.8) is 0 Å². The summed E-state index contributed by atoms with van der Waals surface area (Å²) in [4.78, 5) is 0. The second kappa shape index (κ2) is 7.71. The molecule has 2 aromatic carbocycles. The van der Waals surface area contributed by atoms with Gasteiger partial charge in [0, 0.05) is 23.9 Å². The Bertz CT molecular complexity index is 636. The van der Waals surface area contributed by atoms with Gasteiger partial charge in [-0.05, 0) is 55.2 Å². The highest BCUT2D eigenvalue weighted by Gasteiger charge is 2.15. The van der Waals surface area contributed by atoms with E-state index in [1.165, 1.54) is 5.56 Å². The number of anilines is 1. The molecule has 1 heterocycles. The van der Waals surface area contributed by atoms with Crippen LogP contribution in [0, 0.1) is 6.92 Å². The molecule has 0 radical (unpaired) electrons. The number of nitrogens with one attached hydrogen (secondary N) is 1. The number of rotatable bonds is 6. The van der Waals surface area contributed by atoms with Gasteiger partial charge in [-0.2, -0.15) is 0 Å². The molecule has 3 rings (SSSR count). The van der Waals surface area contributed by atoms with E-state index in [1.54, 1.807) is 0 Å². The van der Waals surface area contributed by atoms with Crippen LogP contribution in [0.25, 0.3) is 0 Å². The molecular formula is C19H22ClNO2. The monoisotopic (exact) mass is 331 g/mol. The van der Waals surface area contributed by atoms with Gasteiger partial charge in [0.15, 0.2) is 0 Å². The highest BCUT2D eigenvalue weighted by Crippen LogP contribution is 2.24. The van der Waals surface area contributed by atoms with Gasteiger partial charge in [0.1, 0.15) is 12.4 Å². The van der Waals surface area contributed by atoms with E-state index in [1.807, 2.05) is 37.3 Å². The zero-order valence-electron chi connectivity index (χ0n) is 13.3. The zero-order valence-corrected chi connectivity index (χ0v) is 14.1. The van der Waals surface area contributed by atoms with Crippen LogP contribution in [0.15, 0.2) is 42.5 Å². The molecule has 1 unspecified atom stereocenters. The summed E-state index contributed by atoms with van der Waals surface area (Å²) in [5, 5.41) is 4.21. The van der Waals surface area contributed by atoms with Crippen LogP contribution in [0.2, 0.25) is 5.02 Å². The van der Waals surface area contributed by atoms with Crippen molar-refractivity contribution >= 4 is 17.3 Å². The minimum Gasteiger partial charge on any atom is -0.491 e. The van der Waals surface area contributed by atoms with Crippen molar-refractivity contribution in [2.24, 2.45) is 0 Å². The van der Waals surface area contributed by atoms with E-state index >= 15 is 0 Å². The Labute approximate surface area is 142 Å². The third-order valence-electron chi connectivity index (χ3n) is 4.13. The first-order valence-corrected chi connectivity index (χ1v) is 8.42. The molecule has 1 saturated heterocycles. The molecule has 4 heteroatoms. The summed E-state index contributed by atoms with van der Waals surface area (Å²) in [5.41, 5.74) is 3.34. The molecule has 1 atom stereocenters. The minimum absolute atomic E-state index is 0.252. The van der Waals surface area contributed by atoms with E-state index in [0.717, 1.165) is 48.0 Å². The van der Waals surface area contributed by atoms with Gasteiger partial charge in [-0.25, -0.2) is 0 Å². The summed E-state index contributed by atoms with van der Waals surface area (Å²) >= 11 is 6.14. The summed E-state index contributed by atoms with van der Waals surface area (Å²) in [6.45, 7) is 4.28. The lowest BCUT2D eigenvalue weighted by atomic mass is 10.1. The fourth-order valence-electron chi connectivity index (χ4n) is 2.66. The summed E-state index contributed by atoms with van der Waals surface area (Å²) in [6.07, 6.45) is 2.49. The molecule has 1 N–H and O–H groups in total. The van der Waals surface area contributed by atoms with Crippen molar-refractivity contribution in [2.75, 3.05) is 18.5 Å². The highest BCUT2D eigenvalue weighted by atomic mass is 35.5.